The van der Waals surface area contributed by atoms with Crippen molar-refractivity contribution in [3.63, 3.8) is 0 Å². The summed E-state index contributed by atoms with van der Waals surface area (Å²) in [6, 6.07) is 1.72. The van der Waals surface area contributed by atoms with E-state index in [0.717, 1.165) is 54.5 Å². The highest BCUT2D eigenvalue weighted by Gasteiger charge is 2.35. The van der Waals surface area contributed by atoms with E-state index in [9.17, 15) is 4.79 Å². The average Bonchev–Trinajstić information content (AvgIpc) is 3.09. The molecule has 1 fully saturated rings. The van der Waals surface area contributed by atoms with Crippen LogP contribution in [0.25, 0.3) is 0 Å². The van der Waals surface area contributed by atoms with Gasteiger partial charge in [0.25, 0.3) is 5.91 Å². The first kappa shape index (κ1) is 16.1. The zero-order chi connectivity index (χ0) is 17.6. The van der Waals surface area contributed by atoms with Gasteiger partial charge < -0.3 is 5.32 Å². The SMILES string of the molecule is Cc1cc(N2CCC(Nc3nc(C)nc4c3CCCC4)C2=O)n(C)n1. The maximum atomic E-state index is 12.9. The molecule has 1 aliphatic carbocycles. The van der Waals surface area contributed by atoms with Gasteiger partial charge in [0.2, 0.25) is 0 Å². The number of nitrogens with one attached hydrogen (secondary N) is 1. The van der Waals surface area contributed by atoms with Crippen LogP contribution in [0.5, 0.6) is 0 Å². The Bertz CT molecular complexity index is 827. The summed E-state index contributed by atoms with van der Waals surface area (Å²) in [4.78, 5) is 23.9. The van der Waals surface area contributed by atoms with Gasteiger partial charge in [-0.05, 0) is 46.0 Å². The molecule has 25 heavy (non-hydrogen) atoms. The molecule has 0 spiro atoms. The van der Waals surface area contributed by atoms with Crippen LogP contribution in [0.2, 0.25) is 0 Å². The Balaban J connectivity index is 1.57. The lowest BCUT2D eigenvalue weighted by atomic mass is 9.96. The van der Waals surface area contributed by atoms with E-state index in [0.29, 0.717) is 6.54 Å². The largest absolute Gasteiger partial charge is 0.358 e. The quantitative estimate of drug-likeness (QED) is 0.924. The summed E-state index contributed by atoms with van der Waals surface area (Å²) in [5.41, 5.74) is 3.26. The van der Waals surface area contributed by atoms with Crippen molar-refractivity contribution >= 4 is 17.5 Å². The molecule has 2 aromatic heterocycles. The summed E-state index contributed by atoms with van der Waals surface area (Å²) < 4.78 is 1.77. The normalized spacial score (nSPS) is 20.0. The second-order valence-corrected chi connectivity index (χ2v) is 6.99. The van der Waals surface area contributed by atoms with Crippen LogP contribution in [0, 0.1) is 13.8 Å². The molecule has 2 aromatic rings. The number of nitrogens with zero attached hydrogens (tertiary/aromatic N) is 5. The zero-order valence-electron chi connectivity index (χ0n) is 15.0. The van der Waals surface area contributed by atoms with Gasteiger partial charge in [0.15, 0.2) is 0 Å². The van der Waals surface area contributed by atoms with Gasteiger partial charge in [0.05, 0.1) is 5.69 Å². The lowest BCUT2D eigenvalue weighted by Crippen LogP contribution is -2.35. The minimum atomic E-state index is -0.240. The minimum Gasteiger partial charge on any atom is -0.358 e. The van der Waals surface area contributed by atoms with Gasteiger partial charge in [-0.15, -0.1) is 0 Å². The van der Waals surface area contributed by atoms with E-state index in [1.54, 1.807) is 4.68 Å². The van der Waals surface area contributed by atoms with E-state index in [1.165, 1.54) is 12.0 Å². The predicted molar refractivity (Wildman–Crippen MR) is 95.7 cm³/mol. The molecular formula is C18H24N6O. The first-order valence-electron chi connectivity index (χ1n) is 8.98. The molecule has 0 radical (unpaired) electrons. The number of hydrogen-bond donors (Lipinski definition) is 1. The number of aromatic nitrogens is 4. The number of hydrogen-bond acceptors (Lipinski definition) is 5. The van der Waals surface area contributed by atoms with Crippen molar-refractivity contribution in [3.8, 4) is 0 Å². The molecule has 1 atom stereocenters. The lowest BCUT2D eigenvalue weighted by Gasteiger charge is -2.21. The Kier molecular flexibility index (Phi) is 3.94. The number of anilines is 2. The Morgan fingerprint density at radius 2 is 2.00 bits per heavy atom. The summed E-state index contributed by atoms with van der Waals surface area (Å²) in [5.74, 6) is 2.56. The van der Waals surface area contributed by atoms with Crippen molar-refractivity contribution < 1.29 is 4.79 Å². The number of fused-ring (bicyclic) bond motifs is 1. The van der Waals surface area contributed by atoms with Crippen LogP contribution in [-0.4, -0.2) is 38.2 Å². The number of aryl methyl sites for hydroxylation is 4. The van der Waals surface area contributed by atoms with Crippen LogP contribution in [-0.2, 0) is 24.7 Å². The summed E-state index contributed by atoms with van der Waals surface area (Å²) in [5, 5.41) is 7.76. The molecule has 0 bridgehead atoms. The number of amides is 1. The Morgan fingerprint density at radius 3 is 2.76 bits per heavy atom. The number of carbonyl (C=O) groups is 1. The van der Waals surface area contributed by atoms with Crippen LogP contribution >= 0.6 is 0 Å². The molecule has 7 nitrogen and oxygen atoms in total. The van der Waals surface area contributed by atoms with Gasteiger partial charge in [-0.1, -0.05) is 0 Å². The fourth-order valence-corrected chi connectivity index (χ4v) is 3.89. The van der Waals surface area contributed by atoms with E-state index >= 15 is 0 Å². The monoisotopic (exact) mass is 340 g/mol. The van der Waals surface area contributed by atoms with Crippen molar-refractivity contribution in [2.45, 2.75) is 52.0 Å². The molecule has 2 aliphatic rings. The van der Waals surface area contributed by atoms with Crippen molar-refractivity contribution in [3.05, 3.63) is 28.8 Å². The standard InChI is InChI=1S/C18H24N6O/c1-11-10-16(23(3)22-11)24-9-8-15(18(24)25)21-17-13-6-4-5-7-14(13)19-12(2)20-17/h10,15H,4-9H2,1-3H3,(H,19,20,21). The third-order valence-corrected chi connectivity index (χ3v) is 5.07. The summed E-state index contributed by atoms with van der Waals surface area (Å²) in [6.07, 6.45) is 5.10. The fraction of sp³-hybridized carbons (Fsp3) is 0.556. The first-order valence-corrected chi connectivity index (χ1v) is 8.98. The van der Waals surface area contributed by atoms with E-state index in [1.807, 2.05) is 31.9 Å². The second kappa shape index (κ2) is 6.13. The Hall–Kier alpha value is -2.44. The van der Waals surface area contributed by atoms with Gasteiger partial charge in [-0.3, -0.25) is 14.4 Å². The van der Waals surface area contributed by atoms with E-state index in [-0.39, 0.29) is 11.9 Å². The molecule has 0 aromatic carbocycles. The number of rotatable bonds is 3. The smallest absolute Gasteiger partial charge is 0.250 e. The second-order valence-electron chi connectivity index (χ2n) is 6.99. The highest BCUT2D eigenvalue weighted by Crippen LogP contribution is 2.28. The van der Waals surface area contributed by atoms with Crippen molar-refractivity contribution in [1.82, 2.24) is 19.7 Å². The first-order chi connectivity index (χ1) is 12.0. The van der Waals surface area contributed by atoms with Gasteiger partial charge in [0.1, 0.15) is 23.5 Å². The summed E-state index contributed by atoms with van der Waals surface area (Å²) >= 11 is 0. The van der Waals surface area contributed by atoms with Crippen molar-refractivity contribution in [2.75, 3.05) is 16.8 Å². The van der Waals surface area contributed by atoms with Crippen LogP contribution in [0.4, 0.5) is 11.6 Å². The maximum Gasteiger partial charge on any atom is 0.250 e. The highest BCUT2D eigenvalue weighted by molar-refractivity contribution is 6.00. The highest BCUT2D eigenvalue weighted by atomic mass is 16.2. The Morgan fingerprint density at radius 1 is 1.20 bits per heavy atom. The third-order valence-electron chi connectivity index (χ3n) is 5.07. The number of carbonyl (C=O) groups excluding carboxylic acids is 1. The molecular weight excluding hydrogens is 316 g/mol. The van der Waals surface area contributed by atoms with Crippen LogP contribution in [0.3, 0.4) is 0 Å². The molecule has 7 heteroatoms. The van der Waals surface area contributed by atoms with Crippen LogP contribution < -0.4 is 10.2 Å². The Labute approximate surface area is 147 Å². The predicted octanol–water partition coefficient (Wildman–Crippen LogP) is 1.92. The van der Waals surface area contributed by atoms with E-state index in [2.05, 4.69) is 20.4 Å². The summed E-state index contributed by atoms with van der Waals surface area (Å²) in [6.45, 7) is 4.55. The minimum absolute atomic E-state index is 0.0869. The van der Waals surface area contributed by atoms with Gasteiger partial charge in [-0.2, -0.15) is 5.10 Å². The van der Waals surface area contributed by atoms with Crippen molar-refractivity contribution in [2.24, 2.45) is 7.05 Å². The third kappa shape index (κ3) is 2.88. The summed E-state index contributed by atoms with van der Waals surface area (Å²) in [7, 11) is 1.88. The molecule has 1 unspecified atom stereocenters. The van der Waals surface area contributed by atoms with Gasteiger partial charge in [-0.25, -0.2) is 9.97 Å². The molecule has 132 valence electrons. The average molecular weight is 340 g/mol. The molecule has 3 heterocycles. The van der Waals surface area contributed by atoms with E-state index < -0.39 is 0 Å². The zero-order valence-corrected chi connectivity index (χ0v) is 15.0. The molecule has 1 aliphatic heterocycles. The molecule has 1 saturated heterocycles. The van der Waals surface area contributed by atoms with Crippen LogP contribution in [0.15, 0.2) is 6.07 Å². The molecule has 0 saturated carbocycles. The fourth-order valence-electron chi connectivity index (χ4n) is 3.89. The molecule has 1 N–H and O–H groups in total. The van der Waals surface area contributed by atoms with Crippen LogP contribution in [0.1, 0.15) is 42.0 Å². The maximum absolute atomic E-state index is 12.9. The topological polar surface area (TPSA) is 75.9 Å². The van der Waals surface area contributed by atoms with Crippen molar-refractivity contribution in [1.29, 1.82) is 0 Å². The lowest BCUT2D eigenvalue weighted by molar-refractivity contribution is -0.117. The van der Waals surface area contributed by atoms with Gasteiger partial charge in [0, 0.05) is 30.9 Å². The van der Waals surface area contributed by atoms with Gasteiger partial charge >= 0.3 is 0 Å². The molecule has 1 amide bonds. The molecule has 4 rings (SSSR count). The van der Waals surface area contributed by atoms with E-state index in [4.69, 9.17) is 0 Å².